The van der Waals surface area contributed by atoms with Crippen LogP contribution in [0.5, 0.6) is 5.75 Å². The van der Waals surface area contributed by atoms with Crippen molar-refractivity contribution in [2.24, 2.45) is 5.92 Å². The average molecular weight is 562 g/mol. The summed E-state index contributed by atoms with van der Waals surface area (Å²) in [6, 6.07) is 29.4. The first-order chi connectivity index (χ1) is 19.2. The smallest absolute Gasteiger partial charge is 0.319 e. The molecule has 0 spiro atoms. The molecule has 0 saturated carbocycles. The van der Waals surface area contributed by atoms with E-state index in [1.807, 2.05) is 24.3 Å². The molecule has 1 fully saturated rings. The van der Waals surface area contributed by atoms with Crippen LogP contribution in [-0.2, 0) is 25.5 Å². The summed E-state index contributed by atoms with van der Waals surface area (Å²) in [5.74, 6) is 0.312. The SMILES string of the molecule is CON(C)C(=O)[C@H](COC1CCCCO1)Cc1ccc(O[Si](c2ccccc2)(c2ccccc2)C(C)(C)C)cc1. The normalized spacial score (nSPS) is 16.8. The molecular weight excluding hydrogens is 518 g/mol. The number of carbonyl (C=O) groups excluding carboxylic acids is 1. The lowest BCUT2D eigenvalue weighted by molar-refractivity contribution is -0.188. The van der Waals surface area contributed by atoms with Gasteiger partial charge in [-0.1, -0.05) is 93.6 Å². The third-order valence-electron chi connectivity index (χ3n) is 7.65. The van der Waals surface area contributed by atoms with Crippen molar-refractivity contribution < 1.29 is 23.5 Å². The standard InChI is InChI=1S/C33H43NO5Si/c1-33(2,3)40(29-14-8-6-9-15-29,30-16-10-7-11-17-30)39-28-21-19-26(20-22-28)24-27(32(35)34(4)36-5)25-38-31-18-12-13-23-37-31/h6-11,14-17,19-22,27,31H,12-13,18,23-25H2,1-5H3/t27-,31?/m0/s1. The Morgan fingerprint density at radius 2 is 1.55 bits per heavy atom. The van der Waals surface area contributed by atoms with Gasteiger partial charge in [-0.25, -0.2) is 5.06 Å². The molecule has 0 aliphatic carbocycles. The zero-order valence-corrected chi connectivity index (χ0v) is 25.5. The maximum absolute atomic E-state index is 13.1. The molecule has 1 aliphatic rings. The molecule has 6 nitrogen and oxygen atoms in total. The lowest BCUT2D eigenvalue weighted by Crippen LogP contribution is -2.68. The highest BCUT2D eigenvalue weighted by molar-refractivity contribution is 7.00. The highest BCUT2D eigenvalue weighted by atomic mass is 28.4. The lowest BCUT2D eigenvalue weighted by atomic mass is 9.99. The van der Waals surface area contributed by atoms with Gasteiger partial charge >= 0.3 is 8.32 Å². The third kappa shape index (κ3) is 7.02. The summed E-state index contributed by atoms with van der Waals surface area (Å²) in [6.45, 7) is 7.79. The zero-order chi connectivity index (χ0) is 28.6. The fraction of sp³-hybridized carbons (Fsp3) is 0.424. The monoisotopic (exact) mass is 561 g/mol. The van der Waals surface area contributed by atoms with E-state index >= 15 is 0 Å². The van der Waals surface area contributed by atoms with E-state index in [1.54, 1.807) is 7.05 Å². The molecule has 1 heterocycles. The minimum atomic E-state index is -2.72. The van der Waals surface area contributed by atoms with Crippen LogP contribution >= 0.6 is 0 Å². The lowest BCUT2D eigenvalue weighted by Gasteiger charge is -2.43. The highest BCUT2D eigenvalue weighted by Crippen LogP contribution is 2.37. The van der Waals surface area contributed by atoms with Crippen molar-refractivity contribution in [3.05, 3.63) is 90.5 Å². The van der Waals surface area contributed by atoms with Crippen LogP contribution in [0.4, 0.5) is 0 Å². The molecule has 40 heavy (non-hydrogen) atoms. The minimum absolute atomic E-state index is 0.119. The molecule has 1 saturated heterocycles. The van der Waals surface area contributed by atoms with Gasteiger partial charge in [0.05, 0.1) is 19.6 Å². The number of ether oxygens (including phenoxy) is 2. The van der Waals surface area contributed by atoms with E-state index in [0.29, 0.717) is 13.0 Å². The Labute approximate surface area is 240 Å². The van der Waals surface area contributed by atoms with Gasteiger partial charge in [0.1, 0.15) is 5.75 Å². The predicted molar refractivity (Wildman–Crippen MR) is 161 cm³/mol. The number of benzene rings is 3. The Morgan fingerprint density at radius 1 is 0.950 bits per heavy atom. The van der Waals surface area contributed by atoms with E-state index in [-0.39, 0.29) is 29.8 Å². The first kappa shape index (κ1) is 30.0. The summed E-state index contributed by atoms with van der Waals surface area (Å²) >= 11 is 0. The molecular formula is C33H43NO5Si. The average Bonchev–Trinajstić information content (AvgIpc) is 2.98. The van der Waals surface area contributed by atoms with Crippen LogP contribution < -0.4 is 14.8 Å². The van der Waals surface area contributed by atoms with Gasteiger partial charge in [-0.2, -0.15) is 0 Å². The molecule has 1 unspecified atom stereocenters. The maximum atomic E-state index is 13.1. The van der Waals surface area contributed by atoms with E-state index in [2.05, 4.69) is 81.4 Å². The number of hydroxylamine groups is 2. The number of nitrogens with zero attached hydrogens (tertiary/aromatic N) is 1. The maximum Gasteiger partial charge on any atom is 0.319 e. The molecule has 3 aromatic rings. The Bertz CT molecular complexity index is 1150. The van der Waals surface area contributed by atoms with Crippen LogP contribution in [0.2, 0.25) is 5.04 Å². The fourth-order valence-electron chi connectivity index (χ4n) is 5.43. The molecule has 214 valence electrons. The van der Waals surface area contributed by atoms with Crippen LogP contribution in [0.3, 0.4) is 0 Å². The Hall–Kier alpha value is -2.97. The van der Waals surface area contributed by atoms with Gasteiger partial charge in [0, 0.05) is 13.7 Å². The topological polar surface area (TPSA) is 57.2 Å². The summed E-state index contributed by atoms with van der Waals surface area (Å²) < 4.78 is 18.9. The van der Waals surface area contributed by atoms with Gasteiger partial charge in [-0.05, 0) is 58.8 Å². The quantitative estimate of drug-likeness (QED) is 0.233. The van der Waals surface area contributed by atoms with Crippen LogP contribution in [0, 0.1) is 5.92 Å². The number of rotatable bonds is 11. The molecule has 1 aliphatic heterocycles. The van der Waals surface area contributed by atoms with Gasteiger partial charge < -0.3 is 13.9 Å². The summed E-state index contributed by atoms with van der Waals surface area (Å²) in [5, 5.41) is 3.60. The van der Waals surface area contributed by atoms with Crippen molar-refractivity contribution in [2.75, 3.05) is 27.4 Å². The molecule has 3 aromatic carbocycles. The van der Waals surface area contributed by atoms with Crippen LogP contribution in [-0.4, -0.2) is 52.9 Å². The molecule has 0 aromatic heterocycles. The second-order valence-corrected chi connectivity index (χ2v) is 15.7. The van der Waals surface area contributed by atoms with E-state index < -0.39 is 8.32 Å². The van der Waals surface area contributed by atoms with Crippen LogP contribution in [0.25, 0.3) is 0 Å². The largest absolute Gasteiger partial charge is 0.534 e. The van der Waals surface area contributed by atoms with Gasteiger partial charge in [0.2, 0.25) is 0 Å². The molecule has 4 rings (SSSR count). The van der Waals surface area contributed by atoms with Crippen LogP contribution in [0.15, 0.2) is 84.9 Å². The van der Waals surface area contributed by atoms with Gasteiger partial charge in [0.15, 0.2) is 6.29 Å². The third-order valence-corrected chi connectivity index (χ3v) is 12.6. The van der Waals surface area contributed by atoms with Gasteiger partial charge in [-0.15, -0.1) is 0 Å². The Morgan fingerprint density at radius 3 is 2.05 bits per heavy atom. The fourth-order valence-corrected chi connectivity index (χ4v) is 9.86. The first-order valence-corrected chi connectivity index (χ1v) is 16.1. The molecule has 7 heteroatoms. The van der Waals surface area contributed by atoms with E-state index in [4.69, 9.17) is 18.7 Å². The summed E-state index contributed by atoms with van der Waals surface area (Å²) in [6.07, 6.45) is 3.26. The second kappa shape index (κ2) is 13.6. The van der Waals surface area contributed by atoms with Gasteiger partial charge in [-0.3, -0.25) is 9.63 Å². The van der Waals surface area contributed by atoms with Crippen molar-refractivity contribution in [2.45, 2.75) is 57.8 Å². The minimum Gasteiger partial charge on any atom is -0.534 e. The Kier molecular flexibility index (Phi) is 10.2. The number of carbonyl (C=O) groups is 1. The number of hydrogen-bond donors (Lipinski definition) is 0. The summed E-state index contributed by atoms with van der Waals surface area (Å²) in [4.78, 5) is 18.3. The van der Waals surface area contributed by atoms with E-state index in [9.17, 15) is 4.79 Å². The van der Waals surface area contributed by atoms with Crippen molar-refractivity contribution in [3.8, 4) is 5.75 Å². The second-order valence-electron chi connectivity index (χ2n) is 11.5. The summed E-state index contributed by atoms with van der Waals surface area (Å²) in [5.41, 5.74) is 1.03. The van der Waals surface area contributed by atoms with Crippen molar-refractivity contribution >= 4 is 24.6 Å². The number of amides is 1. The zero-order valence-electron chi connectivity index (χ0n) is 24.5. The van der Waals surface area contributed by atoms with Crippen molar-refractivity contribution in [1.29, 1.82) is 0 Å². The van der Waals surface area contributed by atoms with Crippen molar-refractivity contribution in [1.82, 2.24) is 5.06 Å². The van der Waals surface area contributed by atoms with E-state index in [0.717, 1.165) is 30.6 Å². The first-order valence-electron chi connectivity index (χ1n) is 14.2. The molecule has 1 amide bonds. The van der Waals surface area contributed by atoms with Gasteiger partial charge in [0.25, 0.3) is 5.91 Å². The molecule has 2 atom stereocenters. The van der Waals surface area contributed by atoms with Crippen LogP contribution in [0.1, 0.15) is 45.6 Å². The highest BCUT2D eigenvalue weighted by Gasteiger charge is 2.52. The number of hydrogen-bond acceptors (Lipinski definition) is 5. The summed E-state index contributed by atoms with van der Waals surface area (Å²) in [7, 11) is 0.409. The van der Waals surface area contributed by atoms with E-state index in [1.165, 1.54) is 22.5 Å². The van der Waals surface area contributed by atoms with Crippen molar-refractivity contribution in [3.63, 3.8) is 0 Å². The molecule has 0 radical (unpaired) electrons. The molecule has 0 bridgehead atoms. The Balaban J connectivity index is 1.58. The predicted octanol–water partition coefficient (Wildman–Crippen LogP) is 5.35. The molecule has 0 N–H and O–H groups in total.